The zero-order valence-electron chi connectivity index (χ0n) is 14.4. The van der Waals surface area contributed by atoms with Gasteiger partial charge in [-0.1, -0.05) is 23.8 Å². The molecule has 0 saturated carbocycles. The van der Waals surface area contributed by atoms with Crippen LogP contribution in [0.3, 0.4) is 0 Å². The number of hydrogen-bond donors (Lipinski definition) is 3. The minimum Gasteiger partial charge on any atom is -0.351 e. The fourth-order valence-corrected chi connectivity index (χ4v) is 3.21. The highest BCUT2D eigenvalue weighted by atomic mass is 32.1. The van der Waals surface area contributed by atoms with Gasteiger partial charge < -0.3 is 16.0 Å². The molecule has 1 unspecified atom stereocenters. The van der Waals surface area contributed by atoms with Gasteiger partial charge in [0.1, 0.15) is 0 Å². The number of carbonyl (C=O) groups is 1. The lowest BCUT2D eigenvalue weighted by molar-refractivity contribution is -0.113. The van der Waals surface area contributed by atoms with E-state index in [0.29, 0.717) is 10.7 Å². The van der Waals surface area contributed by atoms with Gasteiger partial charge in [-0.25, -0.2) is 0 Å². The lowest BCUT2D eigenvalue weighted by Gasteiger charge is -2.30. The van der Waals surface area contributed by atoms with Gasteiger partial charge in [0.15, 0.2) is 5.11 Å². The van der Waals surface area contributed by atoms with Crippen molar-refractivity contribution in [2.75, 3.05) is 5.32 Å². The van der Waals surface area contributed by atoms with E-state index in [9.17, 15) is 4.79 Å². The number of aryl methyl sites for hydroxylation is 2. The number of pyridine rings is 1. The third-order valence-corrected chi connectivity index (χ3v) is 4.38. The van der Waals surface area contributed by atoms with Gasteiger partial charge in [0.2, 0.25) is 0 Å². The summed E-state index contributed by atoms with van der Waals surface area (Å²) in [6.07, 6.45) is 3.44. The Bertz CT molecular complexity index is 861. The van der Waals surface area contributed by atoms with E-state index < -0.39 is 0 Å². The van der Waals surface area contributed by atoms with Crippen LogP contribution in [0, 0.1) is 13.8 Å². The van der Waals surface area contributed by atoms with Crippen LogP contribution in [-0.2, 0) is 4.79 Å². The maximum Gasteiger partial charge on any atom is 0.255 e. The highest BCUT2D eigenvalue weighted by Gasteiger charge is 2.30. The predicted octanol–water partition coefficient (Wildman–Crippen LogP) is 3.13. The Hall–Kier alpha value is -2.73. The summed E-state index contributed by atoms with van der Waals surface area (Å²) in [5.41, 5.74) is 5.20. The lowest BCUT2D eigenvalue weighted by atomic mass is 9.96. The van der Waals surface area contributed by atoms with Crippen molar-refractivity contribution in [3.63, 3.8) is 0 Å². The highest BCUT2D eigenvalue weighted by Crippen LogP contribution is 2.28. The molecular formula is C19H20N4OS. The Kier molecular flexibility index (Phi) is 4.81. The molecule has 1 amide bonds. The van der Waals surface area contributed by atoms with Crippen LogP contribution in [0.1, 0.15) is 29.7 Å². The second kappa shape index (κ2) is 7.03. The first-order chi connectivity index (χ1) is 12.0. The number of allylic oxidation sites excluding steroid dienone is 1. The summed E-state index contributed by atoms with van der Waals surface area (Å²) in [6, 6.07) is 9.38. The van der Waals surface area contributed by atoms with Crippen LogP contribution in [0.15, 0.2) is 54.0 Å². The number of rotatable bonds is 3. The van der Waals surface area contributed by atoms with Crippen molar-refractivity contribution in [2.24, 2.45) is 0 Å². The van der Waals surface area contributed by atoms with Crippen LogP contribution in [0.2, 0.25) is 0 Å². The van der Waals surface area contributed by atoms with Gasteiger partial charge in [0.25, 0.3) is 5.91 Å². The quantitative estimate of drug-likeness (QED) is 0.741. The molecule has 6 heteroatoms. The molecule has 25 heavy (non-hydrogen) atoms. The van der Waals surface area contributed by atoms with Crippen molar-refractivity contribution in [2.45, 2.75) is 26.8 Å². The van der Waals surface area contributed by atoms with Crippen molar-refractivity contribution in [3.8, 4) is 0 Å². The number of anilines is 1. The van der Waals surface area contributed by atoms with Crippen LogP contribution < -0.4 is 16.0 Å². The molecule has 2 aromatic rings. The van der Waals surface area contributed by atoms with E-state index in [2.05, 4.69) is 20.9 Å². The molecule has 3 N–H and O–H groups in total. The Balaban J connectivity index is 1.95. The number of benzene rings is 1. The second-order valence-electron chi connectivity index (χ2n) is 6.13. The molecule has 128 valence electrons. The van der Waals surface area contributed by atoms with Gasteiger partial charge in [-0.2, -0.15) is 0 Å². The molecule has 0 bridgehead atoms. The lowest BCUT2D eigenvalue weighted by Crippen LogP contribution is -2.45. The number of aromatic nitrogens is 1. The molecule has 0 radical (unpaired) electrons. The standard InChI is InChI=1S/C19H20N4OS/c1-11-6-7-15(12(2)9-11)22-18(24)16-13(3)21-19(25)23-17(16)14-5-4-8-20-10-14/h4-10,17H,1-3H3,(H,22,24)(H2,21,23,25). The zero-order valence-corrected chi connectivity index (χ0v) is 15.2. The summed E-state index contributed by atoms with van der Waals surface area (Å²) >= 11 is 5.26. The first-order valence-electron chi connectivity index (χ1n) is 8.02. The average Bonchev–Trinajstić information content (AvgIpc) is 2.57. The summed E-state index contributed by atoms with van der Waals surface area (Å²) in [6.45, 7) is 5.86. The van der Waals surface area contributed by atoms with E-state index in [1.54, 1.807) is 12.4 Å². The summed E-state index contributed by atoms with van der Waals surface area (Å²) in [5.74, 6) is -0.166. The smallest absolute Gasteiger partial charge is 0.255 e. The molecule has 1 aromatic heterocycles. The van der Waals surface area contributed by atoms with E-state index in [4.69, 9.17) is 12.2 Å². The maximum absolute atomic E-state index is 13.0. The summed E-state index contributed by atoms with van der Waals surface area (Å²) in [7, 11) is 0. The Morgan fingerprint density at radius 2 is 2.04 bits per heavy atom. The second-order valence-corrected chi connectivity index (χ2v) is 6.54. The molecule has 0 saturated heterocycles. The Labute approximate surface area is 152 Å². The van der Waals surface area contributed by atoms with E-state index in [1.807, 2.05) is 51.1 Å². The summed E-state index contributed by atoms with van der Waals surface area (Å²) in [5, 5.41) is 9.71. The van der Waals surface area contributed by atoms with Crippen LogP contribution >= 0.6 is 12.2 Å². The van der Waals surface area contributed by atoms with E-state index in [0.717, 1.165) is 28.1 Å². The number of amides is 1. The zero-order chi connectivity index (χ0) is 18.0. The number of hydrogen-bond acceptors (Lipinski definition) is 3. The summed E-state index contributed by atoms with van der Waals surface area (Å²) in [4.78, 5) is 17.1. The molecule has 0 fully saturated rings. The minimum atomic E-state index is -0.340. The average molecular weight is 352 g/mol. The van der Waals surface area contributed by atoms with Crippen molar-refractivity contribution in [1.29, 1.82) is 0 Å². The van der Waals surface area contributed by atoms with Crippen LogP contribution in [0.5, 0.6) is 0 Å². The van der Waals surface area contributed by atoms with Gasteiger partial charge in [0, 0.05) is 23.8 Å². The molecule has 1 atom stereocenters. The van der Waals surface area contributed by atoms with Gasteiger partial charge in [-0.05, 0) is 56.2 Å². The molecular weight excluding hydrogens is 332 g/mol. The third-order valence-electron chi connectivity index (χ3n) is 4.16. The number of carbonyl (C=O) groups excluding carboxylic acids is 1. The van der Waals surface area contributed by atoms with Crippen molar-refractivity contribution >= 4 is 28.9 Å². The van der Waals surface area contributed by atoms with Gasteiger partial charge in [0.05, 0.1) is 11.6 Å². The molecule has 1 aliphatic heterocycles. The number of nitrogens with zero attached hydrogens (tertiary/aromatic N) is 1. The molecule has 0 spiro atoms. The first-order valence-corrected chi connectivity index (χ1v) is 8.43. The normalized spacial score (nSPS) is 16.9. The predicted molar refractivity (Wildman–Crippen MR) is 103 cm³/mol. The number of nitrogens with one attached hydrogen (secondary N) is 3. The SMILES string of the molecule is CC1=C(C(=O)Nc2ccc(C)cc2C)C(c2cccnc2)NC(=S)N1. The van der Waals surface area contributed by atoms with Crippen LogP contribution in [0.4, 0.5) is 5.69 Å². The van der Waals surface area contributed by atoms with E-state index >= 15 is 0 Å². The Morgan fingerprint density at radius 3 is 2.72 bits per heavy atom. The molecule has 1 aromatic carbocycles. The minimum absolute atomic E-state index is 0.166. The Morgan fingerprint density at radius 1 is 1.24 bits per heavy atom. The fourth-order valence-electron chi connectivity index (χ4n) is 2.94. The van der Waals surface area contributed by atoms with Crippen LogP contribution in [0.25, 0.3) is 0 Å². The molecule has 1 aliphatic rings. The molecule has 2 heterocycles. The van der Waals surface area contributed by atoms with Crippen LogP contribution in [-0.4, -0.2) is 16.0 Å². The van der Waals surface area contributed by atoms with E-state index in [1.165, 1.54) is 0 Å². The van der Waals surface area contributed by atoms with E-state index in [-0.39, 0.29) is 11.9 Å². The highest BCUT2D eigenvalue weighted by molar-refractivity contribution is 7.80. The van der Waals surface area contributed by atoms with Crippen molar-refractivity contribution < 1.29 is 4.79 Å². The molecule has 0 aliphatic carbocycles. The van der Waals surface area contributed by atoms with Gasteiger partial charge in [-0.15, -0.1) is 0 Å². The molecule has 3 rings (SSSR count). The van der Waals surface area contributed by atoms with Gasteiger partial charge >= 0.3 is 0 Å². The van der Waals surface area contributed by atoms with Crippen molar-refractivity contribution in [1.82, 2.24) is 15.6 Å². The number of thiocarbonyl (C=S) groups is 1. The maximum atomic E-state index is 13.0. The largest absolute Gasteiger partial charge is 0.351 e. The van der Waals surface area contributed by atoms with Crippen molar-refractivity contribution in [3.05, 3.63) is 70.7 Å². The molecule has 5 nitrogen and oxygen atoms in total. The third kappa shape index (κ3) is 3.69. The topological polar surface area (TPSA) is 66.0 Å². The monoisotopic (exact) mass is 352 g/mol. The summed E-state index contributed by atoms with van der Waals surface area (Å²) < 4.78 is 0. The van der Waals surface area contributed by atoms with Gasteiger partial charge in [-0.3, -0.25) is 9.78 Å². The first kappa shape index (κ1) is 17.1. The fraction of sp³-hybridized carbons (Fsp3) is 0.211.